The molecule has 2 aromatic heterocycles. The van der Waals surface area contributed by atoms with Crippen LogP contribution in [0.25, 0.3) is 10.2 Å². The van der Waals surface area contributed by atoms with Crippen molar-refractivity contribution in [3.05, 3.63) is 45.8 Å². The Morgan fingerprint density at radius 3 is 2.75 bits per heavy atom. The quantitative estimate of drug-likeness (QED) is 0.490. The molecule has 12 heteroatoms. The van der Waals surface area contributed by atoms with Crippen molar-refractivity contribution in [2.75, 3.05) is 13.2 Å². The molecule has 3 aromatic rings. The van der Waals surface area contributed by atoms with E-state index < -0.39 is 28.0 Å². The first kappa shape index (κ1) is 22.2. The van der Waals surface area contributed by atoms with E-state index in [1.54, 1.807) is 25.3 Å². The van der Waals surface area contributed by atoms with Crippen LogP contribution in [0.1, 0.15) is 19.7 Å². The van der Waals surface area contributed by atoms with Crippen molar-refractivity contribution in [1.82, 2.24) is 14.7 Å². The Bertz CT molecular complexity index is 1310. The van der Waals surface area contributed by atoms with Crippen molar-refractivity contribution in [1.29, 1.82) is 0 Å². The normalized spacial score (nSPS) is 14.5. The minimum absolute atomic E-state index is 0.0610. The van der Waals surface area contributed by atoms with Gasteiger partial charge >= 0.3 is 5.97 Å². The number of carbonyl (C=O) groups excluding carboxylic acids is 1. The fourth-order valence-corrected chi connectivity index (χ4v) is 5.18. The maximum absolute atomic E-state index is 12.9. The maximum Gasteiger partial charge on any atom is 0.324 e. The molecule has 0 saturated heterocycles. The summed E-state index contributed by atoms with van der Waals surface area (Å²) in [5.41, 5.74) is 0.181. The molecule has 32 heavy (non-hydrogen) atoms. The van der Waals surface area contributed by atoms with Crippen LogP contribution in [0.3, 0.4) is 0 Å². The SMILES string of the molecule is CC(C)C(NS(=O)(=O)c1ccc2c(c1)OCCO2)C(=O)OCc1nc2ccsc2c(=O)[nH]1. The number of aromatic amines is 1. The zero-order valence-electron chi connectivity index (χ0n) is 17.3. The first-order valence-corrected chi connectivity index (χ1v) is 12.2. The highest BCUT2D eigenvalue weighted by Gasteiger charge is 2.30. The van der Waals surface area contributed by atoms with Crippen LogP contribution in [0.2, 0.25) is 0 Å². The molecule has 0 bridgehead atoms. The average Bonchev–Trinajstić information content (AvgIpc) is 3.24. The highest BCUT2D eigenvalue weighted by molar-refractivity contribution is 7.89. The first-order valence-electron chi connectivity index (χ1n) is 9.79. The van der Waals surface area contributed by atoms with Gasteiger partial charge in [-0.1, -0.05) is 13.8 Å². The molecule has 0 fully saturated rings. The Morgan fingerprint density at radius 1 is 1.25 bits per heavy atom. The van der Waals surface area contributed by atoms with Gasteiger partial charge in [-0.15, -0.1) is 11.3 Å². The molecule has 0 spiro atoms. The number of sulfonamides is 1. The van der Waals surface area contributed by atoms with Gasteiger partial charge in [-0.25, -0.2) is 13.4 Å². The summed E-state index contributed by atoms with van der Waals surface area (Å²) < 4.78 is 44.8. The Balaban J connectivity index is 1.48. The molecule has 0 radical (unpaired) electrons. The summed E-state index contributed by atoms with van der Waals surface area (Å²) in [5, 5.41) is 1.74. The number of carbonyl (C=O) groups is 1. The molecule has 170 valence electrons. The van der Waals surface area contributed by atoms with Crippen LogP contribution >= 0.6 is 11.3 Å². The molecule has 4 rings (SSSR count). The third-order valence-electron chi connectivity index (χ3n) is 4.74. The average molecular weight is 480 g/mol. The van der Waals surface area contributed by atoms with Gasteiger partial charge in [-0.2, -0.15) is 4.72 Å². The lowest BCUT2D eigenvalue weighted by Crippen LogP contribution is -2.45. The van der Waals surface area contributed by atoms with Crippen molar-refractivity contribution >= 4 is 37.5 Å². The van der Waals surface area contributed by atoms with E-state index in [9.17, 15) is 18.0 Å². The van der Waals surface area contributed by atoms with Gasteiger partial charge in [0.1, 0.15) is 36.4 Å². The smallest absolute Gasteiger partial charge is 0.324 e. The second-order valence-corrected chi connectivity index (χ2v) is 10.0. The minimum Gasteiger partial charge on any atom is -0.486 e. The van der Waals surface area contributed by atoms with E-state index >= 15 is 0 Å². The number of aromatic nitrogens is 2. The molecule has 1 unspecified atom stereocenters. The summed E-state index contributed by atoms with van der Waals surface area (Å²) in [5.74, 6) is -0.234. The number of esters is 1. The summed E-state index contributed by atoms with van der Waals surface area (Å²) in [6, 6.07) is 4.78. The van der Waals surface area contributed by atoms with Crippen LogP contribution in [-0.2, 0) is 26.2 Å². The third-order valence-corrected chi connectivity index (χ3v) is 7.08. The van der Waals surface area contributed by atoms with Crippen molar-refractivity contribution < 1.29 is 27.4 Å². The standard InChI is InChI=1S/C20H21N3O7S2/c1-11(2)17(20(25)30-10-16-21-13-5-8-31-18(13)19(24)22-16)23-32(26,27)12-3-4-14-15(9-12)29-7-6-28-14/h3-5,8-9,11,17,23H,6-7,10H2,1-2H3,(H,21,22,24). The van der Waals surface area contributed by atoms with Crippen LogP contribution in [0.4, 0.5) is 0 Å². The Hall–Kier alpha value is -2.96. The van der Waals surface area contributed by atoms with Crippen molar-refractivity contribution in [2.24, 2.45) is 5.92 Å². The number of nitrogens with one attached hydrogen (secondary N) is 2. The Morgan fingerprint density at radius 2 is 2.00 bits per heavy atom. The zero-order valence-corrected chi connectivity index (χ0v) is 18.9. The number of hydrogen-bond acceptors (Lipinski definition) is 9. The largest absolute Gasteiger partial charge is 0.486 e. The second-order valence-electron chi connectivity index (χ2n) is 7.40. The number of H-pyrrole nitrogens is 1. The van der Waals surface area contributed by atoms with Crippen LogP contribution in [0, 0.1) is 5.92 Å². The van der Waals surface area contributed by atoms with Crippen molar-refractivity contribution in [2.45, 2.75) is 31.4 Å². The molecule has 0 aliphatic carbocycles. The molecule has 10 nitrogen and oxygen atoms in total. The second kappa shape index (κ2) is 8.88. The molecule has 3 heterocycles. The summed E-state index contributed by atoms with van der Waals surface area (Å²) in [4.78, 5) is 31.5. The zero-order chi connectivity index (χ0) is 22.9. The summed E-state index contributed by atoms with van der Waals surface area (Å²) in [6.07, 6.45) is 0. The van der Waals surface area contributed by atoms with E-state index in [4.69, 9.17) is 14.2 Å². The third kappa shape index (κ3) is 4.61. The van der Waals surface area contributed by atoms with Crippen LogP contribution in [0.15, 0.2) is 39.3 Å². The van der Waals surface area contributed by atoms with E-state index in [0.717, 1.165) is 0 Å². The summed E-state index contributed by atoms with van der Waals surface area (Å²) >= 11 is 1.26. The number of nitrogens with zero attached hydrogens (tertiary/aromatic N) is 1. The maximum atomic E-state index is 12.9. The predicted octanol–water partition coefficient (Wildman–Crippen LogP) is 1.80. The van der Waals surface area contributed by atoms with Gasteiger partial charge in [0.25, 0.3) is 5.56 Å². The van der Waals surface area contributed by atoms with Gasteiger partial charge in [-0.05, 0) is 29.5 Å². The number of fused-ring (bicyclic) bond motifs is 2. The highest BCUT2D eigenvalue weighted by Crippen LogP contribution is 2.32. The van der Waals surface area contributed by atoms with E-state index in [2.05, 4.69) is 14.7 Å². The number of ether oxygens (including phenoxy) is 3. The van der Waals surface area contributed by atoms with Gasteiger partial charge in [-0.3, -0.25) is 9.59 Å². The lowest BCUT2D eigenvalue weighted by Gasteiger charge is -2.22. The highest BCUT2D eigenvalue weighted by atomic mass is 32.2. The molecule has 0 amide bonds. The number of benzene rings is 1. The summed E-state index contributed by atoms with van der Waals surface area (Å²) in [7, 11) is -4.05. The molecule has 0 saturated carbocycles. The fourth-order valence-electron chi connectivity index (χ4n) is 3.10. The van der Waals surface area contributed by atoms with Crippen LogP contribution in [0.5, 0.6) is 11.5 Å². The minimum atomic E-state index is -4.05. The summed E-state index contributed by atoms with van der Waals surface area (Å²) in [6.45, 7) is 3.79. The molecular formula is C20H21N3O7S2. The molecule has 1 aromatic carbocycles. The lowest BCUT2D eigenvalue weighted by molar-refractivity contribution is -0.148. The van der Waals surface area contributed by atoms with E-state index in [0.29, 0.717) is 34.9 Å². The fraction of sp³-hybridized carbons (Fsp3) is 0.350. The molecule has 1 atom stereocenters. The number of rotatable bonds is 7. The molecule has 1 aliphatic rings. The Kier molecular flexibility index (Phi) is 6.17. The van der Waals surface area contributed by atoms with Crippen molar-refractivity contribution in [3.63, 3.8) is 0 Å². The topological polar surface area (TPSA) is 137 Å². The first-order chi connectivity index (χ1) is 15.2. The molecule has 2 N–H and O–H groups in total. The van der Waals surface area contributed by atoms with E-state index in [1.807, 2.05) is 0 Å². The van der Waals surface area contributed by atoms with Gasteiger partial charge in [0.05, 0.1) is 10.4 Å². The number of thiophene rings is 1. The van der Waals surface area contributed by atoms with E-state index in [1.165, 1.54) is 29.5 Å². The van der Waals surface area contributed by atoms with Crippen LogP contribution in [-0.4, -0.2) is 43.6 Å². The van der Waals surface area contributed by atoms with E-state index in [-0.39, 0.29) is 22.9 Å². The molecule has 1 aliphatic heterocycles. The predicted molar refractivity (Wildman–Crippen MR) is 116 cm³/mol. The molecular weight excluding hydrogens is 458 g/mol. The van der Waals surface area contributed by atoms with Crippen LogP contribution < -0.4 is 19.8 Å². The van der Waals surface area contributed by atoms with Gasteiger partial charge in [0, 0.05) is 6.07 Å². The Labute approximate surface area is 187 Å². The number of hydrogen-bond donors (Lipinski definition) is 2. The van der Waals surface area contributed by atoms with Gasteiger partial charge in [0.2, 0.25) is 10.0 Å². The monoisotopic (exact) mass is 479 g/mol. The van der Waals surface area contributed by atoms with Crippen molar-refractivity contribution in [3.8, 4) is 11.5 Å². The van der Waals surface area contributed by atoms with Gasteiger partial charge in [0.15, 0.2) is 11.5 Å². The van der Waals surface area contributed by atoms with Gasteiger partial charge < -0.3 is 19.2 Å². The lowest BCUT2D eigenvalue weighted by atomic mass is 10.1.